The van der Waals surface area contributed by atoms with E-state index in [1.807, 2.05) is 11.8 Å². The van der Waals surface area contributed by atoms with Gasteiger partial charge in [0, 0.05) is 19.4 Å². The molecule has 22 heavy (non-hydrogen) atoms. The standard InChI is InChI=1S/C17H28N2O3/c1-2-3-16(21)19-11-17(12-19)7-6-14(10-22-17)9-18-15(20)8-13-4-5-13/h13-14H,2-12H2,1H3,(H,18,20). The zero-order valence-corrected chi connectivity index (χ0v) is 13.6. The highest BCUT2D eigenvalue weighted by molar-refractivity contribution is 5.77. The van der Waals surface area contributed by atoms with Crippen molar-refractivity contribution in [1.29, 1.82) is 0 Å². The average Bonchev–Trinajstić information content (AvgIpc) is 3.27. The van der Waals surface area contributed by atoms with Gasteiger partial charge in [-0.3, -0.25) is 9.59 Å². The molecular formula is C17H28N2O3. The van der Waals surface area contributed by atoms with Crippen LogP contribution < -0.4 is 5.32 Å². The second-order valence-corrected chi connectivity index (χ2v) is 7.35. The van der Waals surface area contributed by atoms with Crippen LogP contribution in [0.25, 0.3) is 0 Å². The molecule has 1 atom stereocenters. The number of carbonyl (C=O) groups is 2. The third-order valence-corrected chi connectivity index (χ3v) is 5.17. The van der Waals surface area contributed by atoms with Gasteiger partial charge in [0.05, 0.1) is 19.7 Å². The molecule has 1 N–H and O–H groups in total. The van der Waals surface area contributed by atoms with E-state index in [2.05, 4.69) is 5.32 Å². The Labute approximate surface area is 132 Å². The third-order valence-electron chi connectivity index (χ3n) is 5.17. The van der Waals surface area contributed by atoms with Gasteiger partial charge in [-0.05, 0) is 43.9 Å². The van der Waals surface area contributed by atoms with Gasteiger partial charge in [0.15, 0.2) is 0 Å². The Balaban J connectivity index is 1.33. The highest BCUT2D eigenvalue weighted by atomic mass is 16.5. The summed E-state index contributed by atoms with van der Waals surface area (Å²) < 4.78 is 6.05. The Morgan fingerprint density at radius 2 is 2.00 bits per heavy atom. The molecule has 5 heteroatoms. The van der Waals surface area contributed by atoms with Crippen molar-refractivity contribution >= 4 is 11.8 Å². The van der Waals surface area contributed by atoms with E-state index in [0.29, 0.717) is 31.3 Å². The molecular weight excluding hydrogens is 280 g/mol. The summed E-state index contributed by atoms with van der Waals surface area (Å²) >= 11 is 0. The maximum absolute atomic E-state index is 11.8. The van der Waals surface area contributed by atoms with Crippen LogP contribution in [-0.4, -0.2) is 48.6 Å². The zero-order chi connectivity index (χ0) is 15.6. The molecule has 2 aliphatic heterocycles. The SMILES string of the molecule is CCCC(=O)N1CC2(CCC(CNC(=O)CC3CC3)CO2)C1. The molecule has 0 radical (unpaired) electrons. The van der Waals surface area contributed by atoms with Crippen LogP contribution in [0, 0.1) is 11.8 Å². The third kappa shape index (κ3) is 3.80. The van der Waals surface area contributed by atoms with Gasteiger partial charge in [0.25, 0.3) is 0 Å². The highest BCUT2D eigenvalue weighted by Gasteiger charge is 2.48. The minimum Gasteiger partial charge on any atom is -0.371 e. The minimum absolute atomic E-state index is 0.0854. The van der Waals surface area contributed by atoms with Gasteiger partial charge in [-0.1, -0.05) is 6.92 Å². The lowest BCUT2D eigenvalue weighted by atomic mass is 9.82. The summed E-state index contributed by atoms with van der Waals surface area (Å²) in [5.41, 5.74) is -0.0854. The Morgan fingerprint density at radius 1 is 1.23 bits per heavy atom. The topological polar surface area (TPSA) is 58.6 Å². The monoisotopic (exact) mass is 308 g/mol. The number of nitrogens with one attached hydrogen (secondary N) is 1. The maximum Gasteiger partial charge on any atom is 0.222 e. The van der Waals surface area contributed by atoms with Gasteiger partial charge in [-0.25, -0.2) is 0 Å². The molecule has 1 spiro atoms. The quantitative estimate of drug-likeness (QED) is 0.812. The fraction of sp³-hybridized carbons (Fsp3) is 0.882. The van der Waals surface area contributed by atoms with E-state index in [1.54, 1.807) is 0 Å². The van der Waals surface area contributed by atoms with Crippen molar-refractivity contribution in [3.05, 3.63) is 0 Å². The van der Waals surface area contributed by atoms with Crippen LogP contribution in [0.5, 0.6) is 0 Å². The van der Waals surface area contributed by atoms with Crippen molar-refractivity contribution in [2.75, 3.05) is 26.2 Å². The molecule has 1 saturated carbocycles. The van der Waals surface area contributed by atoms with E-state index in [-0.39, 0.29) is 17.4 Å². The molecule has 1 aliphatic carbocycles. The molecule has 2 amide bonds. The van der Waals surface area contributed by atoms with E-state index in [1.165, 1.54) is 12.8 Å². The lowest BCUT2D eigenvalue weighted by Gasteiger charge is -2.52. The Morgan fingerprint density at radius 3 is 2.59 bits per heavy atom. The first-order chi connectivity index (χ1) is 10.6. The van der Waals surface area contributed by atoms with Gasteiger partial charge in [-0.2, -0.15) is 0 Å². The normalized spacial score (nSPS) is 26.6. The lowest BCUT2D eigenvalue weighted by Crippen LogP contribution is -2.66. The molecule has 0 bridgehead atoms. The number of amides is 2. The summed E-state index contributed by atoms with van der Waals surface area (Å²) in [4.78, 5) is 25.4. The smallest absolute Gasteiger partial charge is 0.222 e. The predicted octanol–water partition coefficient (Wildman–Crippen LogP) is 1.71. The van der Waals surface area contributed by atoms with E-state index in [9.17, 15) is 9.59 Å². The molecule has 2 heterocycles. The van der Waals surface area contributed by atoms with Crippen LogP contribution >= 0.6 is 0 Å². The maximum atomic E-state index is 11.8. The second kappa shape index (κ2) is 6.57. The molecule has 124 valence electrons. The molecule has 3 rings (SSSR count). The summed E-state index contributed by atoms with van der Waals surface area (Å²) in [6, 6.07) is 0. The summed E-state index contributed by atoms with van der Waals surface area (Å²) in [5.74, 6) is 1.52. The van der Waals surface area contributed by atoms with E-state index in [4.69, 9.17) is 4.74 Å². The number of carbonyl (C=O) groups excluding carboxylic acids is 2. The van der Waals surface area contributed by atoms with Crippen LogP contribution in [0.1, 0.15) is 51.9 Å². The molecule has 0 aromatic carbocycles. The number of rotatable bonds is 6. The Kier molecular flexibility index (Phi) is 4.71. The van der Waals surface area contributed by atoms with Gasteiger partial charge < -0.3 is 15.0 Å². The summed E-state index contributed by atoms with van der Waals surface area (Å²) in [6.07, 6.45) is 6.78. The molecule has 3 aliphatic rings. The van der Waals surface area contributed by atoms with Crippen molar-refractivity contribution in [2.24, 2.45) is 11.8 Å². The van der Waals surface area contributed by atoms with Crippen LogP contribution in [-0.2, 0) is 14.3 Å². The molecule has 1 unspecified atom stereocenters. The second-order valence-electron chi connectivity index (χ2n) is 7.35. The fourth-order valence-corrected chi connectivity index (χ4v) is 3.44. The molecule has 0 aromatic rings. The van der Waals surface area contributed by atoms with Gasteiger partial charge >= 0.3 is 0 Å². The summed E-state index contributed by atoms with van der Waals surface area (Å²) in [6.45, 7) is 4.99. The van der Waals surface area contributed by atoms with E-state index < -0.39 is 0 Å². The number of hydrogen-bond donors (Lipinski definition) is 1. The largest absolute Gasteiger partial charge is 0.371 e. The average molecular weight is 308 g/mol. The minimum atomic E-state index is -0.0854. The van der Waals surface area contributed by atoms with Crippen molar-refractivity contribution < 1.29 is 14.3 Å². The van der Waals surface area contributed by atoms with Gasteiger partial charge in [-0.15, -0.1) is 0 Å². The first kappa shape index (κ1) is 15.8. The Hall–Kier alpha value is -1.10. The number of likely N-dealkylation sites (tertiary alicyclic amines) is 1. The number of ether oxygens (including phenoxy) is 1. The van der Waals surface area contributed by atoms with Crippen molar-refractivity contribution in [2.45, 2.75) is 57.5 Å². The molecule has 5 nitrogen and oxygen atoms in total. The molecule has 3 fully saturated rings. The lowest BCUT2D eigenvalue weighted by molar-refractivity contribution is -0.188. The van der Waals surface area contributed by atoms with Crippen molar-refractivity contribution in [3.63, 3.8) is 0 Å². The van der Waals surface area contributed by atoms with Gasteiger partial charge in [0.1, 0.15) is 5.60 Å². The number of nitrogens with zero attached hydrogens (tertiary/aromatic N) is 1. The Bertz CT molecular complexity index is 418. The molecule has 0 aromatic heterocycles. The summed E-state index contributed by atoms with van der Waals surface area (Å²) in [5, 5.41) is 3.05. The zero-order valence-electron chi connectivity index (χ0n) is 13.6. The fourth-order valence-electron chi connectivity index (χ4n) is 3.44. The number of hydrogen-bond acceptors (Lipinski definition) is 3. The van der Waals surface area contributed by atoms with Crippen molar-refractivity contribution in [1.82, 2.24) is 10.2 Å². The van der Waals surface area contributed by atoms with Crippen LogP contribution in [0.3, 0.4) is 0 Å². The highest BCUT2D eigenvalue weighted by Crippen LogP contribution is 2.36. The van der Waals surface area contributed by atoms with Crippen LogP contribution in [0.4, 0.5) is 0 Å². The molecule has 2 saturated heterocycles. The van der Waals surface area contributed by atoms with Crippen LogP contribution in [0.2, 0.25) is 0 Å². The van der Waals surface area contributed by atoms with Gasteiger partial charge in [0.2, 0.25) is 11.8 Å². The van der Waals surface area contributed by atoms with E-state index in [0.717, 1.165) is 38.9 Å². The van der Waals surface area contributed by atoms with Crippen LogP contribution in [0.15, 0.2) is 0 Å². The summed E-state index contributed by atoms with van der Waals surface area (Å²) in [7, 11) is 0. The van der Waals surface area contributed by atoms with E-state index >= 15 is 0 Å². The first-order valence-electron chi connectivity index (χ1n) is 8.79. The van der Waals surface area contributed by atoms with Crippen molar-refractivity contribution in [3.8, 4) is 0 Å². The first-order valence-corrected chi connectivity index (χ1v) is 8.79. The predicted molar refractivity (Wildman–Crippen MR) is 83.2 cm³/mol.